The van der Waals surface area contributed by atoms with Gasteiger partial charge in [-0.3, -0.25) is 0 Å². The third-order valence-corrected chi connectivity index (χ3v) is 3.61. The molecule has 0 spiro atoms. The van der Waals surface area contributed by atoms with Gasteiger partial charge < -0.3 is 25.4 Å². The van der Waals surface area contributed by atoms with Crippen molar-refractivity contribution in [2.45, 2.75) is 25.7 Å². The number of benzene rings is 1. The van der Waals surface area contributed by atoms with Gasteiger partial charge >= 0.3 is 12.1 Å². The van der Waals surface area contributed by atoms with E-state index in [1.165, 1.54) is 12.3 Å². The molecule has 0 radical (unpaired) electrons. The molecule has 138 valence electrons. The third kappa shape index (κ3) is 5.27. The lowest BCUT2D eigenvalue weighted by molar-refractivity contribution is 0.0170. The van der Waals surface area contributed by atoms with E-state index in [2.05, 4.69) is 10.3 Å². The van der Waals surface area contributed by atoms with E-state index < -0.39 is 24.3 Å². The highest BCUT2D eigenvalue weighted by molar-refractivity contribution is 5.87. The van der Waals surface area contributed by atoms with Crippen LogP contribution in [-0.4, -0.2) is 45.0 Å². The topological polar surface area (TPSA) is 129 Å². The van der Waals surface area contributed by atoms with E-state index in [1.807, 2.05) is 18.2 Å². The summed E-state index contributed by atoms with van der Waals surface area (Å²) >= 11 is 0. The van der Waals surface area contributed by atoms with Crippen LogP contribution in [0.25, 0.3) is 0 Å². The van der Waals surface area contributed by atoms with Gasteiger partial charge in [-0.15, -0.1) is 0 Å². The highest BCUT2D eigenvalue weighted by Crippen LogP contribution is 2.21. The zero-order valence-electron chi connectivity index (χ0n) is 14.1. The molecule has 1 amide bonds. The minimum absolute atomic E-state index is 0.0237. The number of aryl methyl sites for hydroxylation is 1. The number of hydrogen-bond acceptors (Lipinski definition) is 6. The molecule has 0 aliphatic rings. The predicted octanol–water partition coefficient (Wildman–Crippen LogP) is 1.41. The number of rotatable bonds is 7. The minimum atomic E-state index is -1.53. The van der Waals surface area contributed by atoms with Crippen LogP contribution in [0, 0.1) is 6.92 Å². The Morgan fingerprint density at radius 3 is 2.58 bits per heavy atom. The van der Waals surface area contributed by atoms with E-state index in [0.29, 0.717) is 5.56 Å². The molecule has 0 saturated heterocycles. The van der Waals surface area contributed by atoms with Gasteiger partial charge in [-0.1, -0.05) is 30.3 Å². The van der Waals surface area contributed by atoms with Gasteiger partial charge in [-0.05, 0) is 24.1 Å². The molecule has 0 aliphatic heterocycles. The summed E-state index contributed by atoms with van der Waals surface area (Å²) in [4.78, 5) is 26.6. The summed E-state index contributed by atoms with van der Waals surface area (Å²) < 4.78 is 5.00. The molecule has 1 aromatic heterocycles. The standard InChI is InChI=1S/C18H20N2O6/c1-11-7-13(15(17(23)24)19-8-11)16(22)14(21)9-20-18(25)26-10-12-5-3-2-4-6-12/h2-8,14,16,21-22H,9-10H2,1H3,(H,20,25)(H,23,24). The number of carboxylic acids is 1. The van der Waals surface area contributed by atoms with Crippen LogP contribution in [0.15, 0.2) is 42.6 Å². The fourth-order valence-corrected chi connectivity index (χ4v) is 2.28. The molecule has 2 unspecified atom stereocenters. The van der Waals surface area contributed by atoms with Crippen LogP contribution in [0.4, 0.5) is 4.79 Å². The average molecular weight is 360 g/mol. The largest absolute Gasteiger partial charge is 0.477 e. The molecule has 2 atom stereocenters. The number of carboxylic acid groups (broad SMARTS) is 1. The number of pyridine rings is 1. The van der Waals surface area contributed by atoms with Gasteiger partial charge in [0.1, 0.15) is 18.8 Å². The molecule has 2 rings (SSSR count). The van der Waals surface area contributed by atoms with Crippen molar-refractivity contribution in [2.75, 3.05) is 6.54 Å². The number of carbonyl (C=O) groups excluding carboxylic acids is 1. The molecule has 1 heterocycles. The summed E-state index contributed by atoms with van der Waals surface area (Å²) in [5.74, 6) is -1.32. The Morgan fingerprint density at radius 2 is 1.92 bits per heavy atom. The summed E-state index contributed by atoms with van der Waals surface area (Å²) in [6.07, 6.45) is -2.37. The zero-order valence-corrected chi connectivity index (χ0v) is 14.1. The first-order valence-corrected chi connectivity index (χ1v) is 7.89. The number of carbonyl (C=O) groups is 2. The quantitative estimate of drug-likeness (QED) is 0.587. The van der Waals surface area contributed by atoms with Gasteiger partial charge in [0.05, 0.1) is 0 Å². The maximum atomic E-state index is 11.7. The monoisotopic (exact) mass is 360 g/mol. The summed E-state index contributed by atoms with van der Waals surface area (Å²) in [5, 5.41) is 31.7. The van der Waals surface area contributed by atoms with E-state index in [-0.39, 0.29) is 24.4 Å². The van der Waals surface area contributed by atoms with E-state index >= 15 is 0 Å². The second-order valence-corrected chi connectivity index (χ2v) is 5.71. The Kier molecular flexibility index (Phi) is 6.65. The Balaban J connectivity index is 1.91. The van der Waals surface area contributed by atoms with E-state index in [1.54, 1.807) is 19.1 Å². The summed E-state index contributed by atoms with van der Waals surface area (Å²) in [7, 11) is 0. The molecule has 0 aliphatic carbocycles. The van der Waals surface area contributed by atoms with Crippen LogP contribution < -0.4 is 5.32 Å². The molecule has 8 nitrogen and oxygen atoms in total. The Hall–Kier alpha value is -2.97. The van der Waals surface area contributed by atoms with Gasteiger partial charge in [0.15, 0.2) is 5.69 Å². The highest BCUT2D eigenvalue weighted by Gasteiger charge is 2.25. The molecule has 2 aromatic rings. The van der Waals surface area contributed by atoms with Crippen molar-refractivity contribution in [1.29, 1.82) is 0 Å². The van der Waals surface area contributed by atoms with Gasteiger partial charge in [-0.2, -0.15) is 0 Å². The number of aliphatic hydroxyl groups is 2. The molecule has 4 N–H and O–H groups in total. The van der Waals surface area contributed by atoms with Gasteiger partial charge in [0.2, 0.25) is 0 Å². The minimum Gasteiger partial charge on any atom is -0.477 e. The van der Waals surface area contributed by atoms with Crippen molar-refractivity contribution in [1.82, 2.24) is 10.3 Å². The van der Waals surface area contributed by atoms with E-state index in [9.17, 15) is 19.8 Å². The molecule has 0 saturated carbocycles. The molecular weight excluding hydrogens is 340 g/mol. The number of alkyl carbamates (subject to hydrolysis) is 1. The molecule has 8 heteroatoms. The number of amides is 1. The van der Waals surface area contributed by atoms with Crippen molar-refractivity contribution in [3.8, 4) is 0 Å². The maximum absolute atomic E-state index is 11.7. The fourth-order valence-electron chi connectivity index (χ4n) is 2.28. The SMILES string of the molecule is Cc1cnc(C(=O)O)c(C(O)C(O)CNC(=O)OCc2ccccc2)c1. The number of ether oxygens (including phenoxy) is 1. The molecule has 0 bridgehead atoms. The maximum Gasteiger partial charge on any atom is 0.407 e. The number of nitrogens with one attached hydrogen (secondary N) is 1. The molecule has 0 fully saturated rings. The normalized spacial score (nSPS) is 12.9. The number of nitrogens with zero attached hydrogens (tertiary/aromatic N) is 1. The summed E-state index contributed by atoms with van der Waals surface area (Å²) in [6.45, 7) is 1.43. The second kappa shape index (κ2) is 8.93. The summed E-state index contributed by atoms with van der Waals surface area (Å²) in [5.41, 5.74) is 1.06. The Morgan fingerprint density at radius 1 is 1.23 bits per heavy atom. The van der Waals surface area contributed by atoms with Crippen molar-refractivity contribution < 1.29 is 29.6 Å². The lowest BCUT2D eigenvalue weighted by atomic mass is 10.0. The van der Waals surface area contributed by atoms with Gasteiger partial charge in [0.25, 0.3) is 0 Å². The third-order valence-electron chi connectivity index (χ3n) is 3.61. The molecule has 26 heavy (non-hydrogen) atoms. The van der Waals surface area contributed by atoms with Crippen LogP contribution in [0.1, 0.15) is 33.3 Å². The lowest BCUT2D eigenvalue weighted by Gasteiger charge is -2.20. The van der Waals surface area contributed by atoms with Crippen molar-refractivity contribution >= 4 is 12.1 Å². The number of aromatic nitrogens is 1. The predicted molar refractivity (Wildman–Crippen MR) is 91.5 cm³/mol. The van der Waals surface area contributed by atoms with E-state index in [0.717, 1.165) is 5.56 Å². The molecular formula is C18H20N2O6. The lowest BCUT2D eigenvalue weighted by Crippen LogP contribution is -2.36. The van der Waals surface area contributed by atoms with Crippen molar-refractivity contribution in [2.24, 2.45) is 0 Å². The van der Waals surface area contributed by atoms with E-state index in [4.69, 9.17) is 9.84 Å². The van der Waals surface area contributed by atoms with Crippen LogP contribution in [-0.2, 0) is 11.3 Å². The first-order chi connectivity index (χ1) is 12.4. The number of aromatic carboxylic acids is 1. The fraction of sp³-hybridized carbons (Fsp3) is 0.278. The Bertz CT molecular complexity index is 766. The zero-order chi connectivity index (χ0) is 19.1. The van der Waals surface area contributed by atoms with Gasteiger partial charge in [-0.25, -0.2) is 14.6 Å². The van der Waals surface area contributed by atoms with Crippen LogP contribution >= 0.6 is 0 Å². The van der Waals surface area contributed by atoms with Crippen LogP contribution in [0.3, 0.4) is 0 Å². The van der Waals surface area contributed by atoms with Gasteiger partial charge in [0, 0.05) is 18.3 Å². The molecule has 1 aromatic carbocycles. The van der Waals surface area contributed by atoms with Crippen molar-refractivity contribution in [3.63, 3.8) is 0 Å². The first kappa shape index (κ1) is 19.4. The summed E-state index contributed by atoms with van der Waals surface area (Å²) in [6, 6.07) is 10.5. The second-order valence-electron chi connectivity index (χ2n) is 5.71. The Labute approximate surface area is 150 Å². The average Bonchev–Trinajstić information content (AvgIpc) is 2.64. The smallest absolute Gasteiger partial charge is 0.407 e. The highest BCUT2D eigenvalue weighted by atomic mass is 16.5. The first-order valence-electron chi connectivity index (χ1n) is 7.89. The van der Waals surface area contributed by atoms with Crippen molar-refractivity contribution in [3.05, 3.63) is 65.0 Å². The van der Waals surface area contributed by atoms with Crippen LogP contribution in [0.5, 0.6) is 0 Å². The number of aliphatic hydroxyl groups excluding tert-OH is 2. The number of hydrogen-bond donors (Lipinski definition) is 4. The van der Waals surface area contributed by atoms with Crippen LogP contribution in [0.2, 0.25) is 0 Å².